The summed E-state index contributed by atoms with van der Waals surface area (Å²) in [6.07, 6.45) is 6.30. The second-order valence-corrected chi connectivity index (χ2v) is 4.06. The number of carbonyl (C=O) groups is 1. The van der Waals surface area contributed by atoms with E-state index < -0.39 is 0 Å². The van der Waals surface area contributed by atoms with Crippen LogP contribution in [0.25, 0.3) is 0 Å². The fraction of sp³-hybridized carbons (Fsp3) is 0.500. The third-order valence-corrected chi connectivity index (χ3v) is 2.47. The Balaban J connectivity index is 2.64. The molecule has 0 fully saturated rings. The Morgan fingerprint density at radius 2 is 2.33 bits per heavy atom. The van der Waals surface area contributed by atoms with Crippen molar-refractivity contribution in [3.8, 4) is 0 Å². The summed E-state index contributed by atoms with van der Waals surface area (Å²) in [5, 5.41) is 2.86. The van der Waals surface area contributed by atoms with Gasteiger partial charge in [-0.1, -0.05) is 0 Å². The summed E-state index contributed by atoms with van der Waals surface area (Å²) in [7, 11) is 0. The molecule has 0 bridgehead atoms. The van der Waals surface area contributed by atoms with Crippen LogP contribution in [0.15, 0.2) is 23.4 Å². The van der Waals surface area contributed by atoms with Crippen LogP contribution in [0.4, 0.5) is 0 Å². The summed E-state index contributed by atoms with van der Waals surface area (Å²) in [5.74, 6) is 2.05. The molecule has 3 heteroatoms. The van der Waals surface area contributed by atoms with Gasteiger partial charge in [0.15, 0.2) is 0 Å². The summed E-state index contributed by atoms with van der Waals surface area (Å²) < 4.78 is 0. The Hall–Kier alpha value is -1.12. The first-order chi connectivity index (χ1) is 7.13. The van der Waals surface area contributed by atoms with Crippen molar-refractivity contribution in [2.45, 2.75) is 33.5 Å². The van der Waals surface area contributed by atoms with Gasteiger partial charge in [0, 0.05) is 0 Å². The Labute approximate surface area is 92.4 Å². The summed E-state index contributed by atoms with van der Waals surface area (Å²) in [5.41, 5.74) is 2.35. The van der Waals surface area contributed by atoms with Crippen molar-refractivity contribution in [3.63, 3.8) is 0 Å². The number of rotatable bonds is 3. The maximum atomic E-state index is 11.3. The minimum atomic E-state index is -0.0509. The van der Waals surface area contributed by atoms with Gasteiger partial charge >= 0.3 is 91.8 Å². The molecule has 0 unspecified atom stereocenters. The summed E-state index contributed by atoms with van der Waals surface area (Å²) in [6, 6.07) is 0. The zero-order valence-electron chi connectivity index (χ0n) is 9.71. The first-order valence-corrected chi connectivity index (χ1v) is 5.47. The third-order valence-electron chi connectivity index (χ3n) is 2.47. The quantitative estimate of drug-likeness (QED) is 0.697. The van der Waals surface area contributed by atoms with Crippen molar-refractivity contribution in [1.29, 1.82) is 0 Å². The second kappa shape index (κ2) is 5.69. The predicted octanol–water partition coefficient (Wildman–Crippen LogP) is 1.92. The molecule has 0 aromatic carbocycles. The topological polar surface area (TPSA) is 29.1 Å². The second-order valence-electron chi connectivity index (χ2n) is 4.06. The van der Waals surface area contributed by atoms with Gasteiger partial charge in [-0.3, -0.25) is 0 Å². The van der Waals surface area contributed by atoms with Gasteiger partial charge in [-0.2, -0.15) is 0 Å². The molecule has 1 aliphatic rings. The van der Waals surface area contributed by atoms with Crippen molar-refractivity contribution >= 4 is 18.8 Å². The van der Waals surface area contributed by atoms with E-state index in [1.165, 1.54) is 5.57 Å². The number of carbonyl (C=O) groups excluding carboxylic acids is 1. The van der Waals surface area contributed by atoms with Crippen LogP contribution in [-0.4, -0.2) is 18.8 Å². The van der Waals surface area contributed by atoms with E-state index in [1.807, 2.05) is 6.82 Å². The number of hydrogen-bond donors (Lipinski definition) is 1. The zero-order chi connectivity index (χ0) is 11.3. The van der Waals surface area contributed by atoms with E-state index in [2.05, 4.69) is 31.3 Å². The fourth-order valence-electron chi connectivity index (χ4n) is 1.60. The van der Waals surface area contributed by atoms with Crippen LogP contribution >= 0.6 is 0 Å². The Morgan fingerprint density at radius 3 is 2.93 bits per heavy atom. The van der Waals surface area contributed by atoms with Crippen LogP contribution in [0.2, 0.25) is 6.82 Å². The summed E-state index contributed by atoms with van der Waals surface area (Å²) in [6.45, 7) is 7.95. The summed E-state index contributed by atoms with van der Waals surface area (Å²) in [4.78, 5) is 11.3. The summed E-state index contributed by atoms with van der Waals surface area (Å²) >= 11 is 0. The average Bonchev–Trinajstić information content (AvgIpc) is 2.18. The van der Waals surface area contributed by atoms with E-state index in [0.29, 0.717) is 5.92 Å². The average molecular weight is 203 g/mol. The van der Waals surface area contributed by atoms with Crippen molar-refractivity contribution in [1.82, 2.24) is 5.32 Å². The molecule has 80 valence electrons. The molecule has 0 aromatic rings. The van der Waals surface area contributed by atoms with Crippen LogP contribution in [0, 0.1) is 5.92 Å². The van der Waals surface area contributed by atoms with E-state index in [0.717, 1.165) is 18.5 Å². The normalized spacial score (nSPS) is 16.0. The van der Waals surface area contributed by atoms with Gasteiger partial charge in [-0.25, -0.2) is 0 Å². The first-order valence-electron chi connectivity index (χ1n) is 5.47. The molecule has 1 rings (SSSR count). The molecule has 1 aliphatic carbocycles. The van der Waals surface area contributed by atoms with Gasteiger partial charge in [0.1, 0.15) is 0 Å². The predicted molar refractivity (Wildman–Crippen MR) is 66.1 cm³/mol. The molecular formula is C12H18BNO. The van der Waals surface area contributed by atoms with Crippen molar-refractivity contribution < 1.29 is 4.79 Å². The van der Waals surface area contributed by atoms with Crippen molar-refractivity contribution in [2.75, 3.05) is 0 Å². The SMILES string of the molecule is CB=CC(=O)NC1=CCCC(C(C)C)=C1. The zero-order valence-corrected chi connectivity index (χ0v) is 9.71. The number of hydrogen-bond acceptors (Lipinski definition) is 1. The van der Waals surface area contributed by atoms with Gasteiger partial charge < -0.3 is 0 Å². The van der Waals surface area contributed by atoms with Crippen LogP contribution < -0.4 is 5.32 Å². The molecule has 0 atom stereocenters. The van der Waals surface area contributed by atoms with E-state index in [4.69, 9.17) is 0 Å². The van der Waals surface area contributed by atoms with Gasteiger partial charge in [-0.15, -0.1) is 0 Å². The van der Waals surface area contributed by atoms with Crippen LogP contribution in [0.3, 0.4) is 0 Å². The molecule has 2 nitrogen and oxygen atoms in total. The fourth-order valence-corrected chi connectivity index (χ4v) is 1.60. The van der Waals surface area contributed by atoms with E-state index in [-0.39, 0.29) is 5.91 Å². The molecule has 15 heavy (non-hydrogen) atoms. The standard InChI is InChI=1S/C12H18BNO/c1-9(2)10-5-4-6-11(7-10)14-12(15)8-13-3/h6-9H,4-5H2,1-3H3,(H,14,15). The molecule has 0 saturated carbocycles. The molecule has 0 saturated heterocycles. The van der Waals surface area contributed by atoms with Gasteiger partial charge in [0.25, 0.3) is 0 Å². The molecule has 0 aliphatic heterocycles. The minimum absolute atomic E-state index is 0.0509. The number of amides is 1. The van der Waals surface area contributed by atoms with Gasteiger partial charge in [-0.05, 0) is 0 Å². The molecule has 1 amide bonds. The first kappa shape index (κ1) is 12.0. The molecule has 0 radical (unpaired) electrons. The molecule has 0 spiro atoms. The number of allylic oxidation sites excluding steroid dienone is 3. The van der Waals surface area contributed by atoms with Crippen molar-refractivity contribution in [3.05, 3.63) is 23.4 Å². The van der Waals surface area contributed by atoms with Crippen molar-refractivity contribution in [2.24, 2.45) is 5.92 Å². The van der Waals surface area contributed by atoms with E-state index in [9.17, 15) is 4.79 Å². The van der Waals surface area contributed by atoms with E-state index >= 15 is 0 Å². The third kappa shape index (κ3) is 3.86. The molecule has 1 N–H and O–H groups in total. The maximum absolute atomic E-state index is 11.3. The molecular weight excluding hydrogens is 185 g/mol. The molecule has 0 heterocycles. The van der Waals surface area contributed by atoms with Crippen LogP contribution in [-0.2, 0) is 4.79 Å². The van der Waals surface area contributed by atoms with Crippen LogP contribution in [0.5, 0.6) is 0 Å². The van der Waals surface area contributed by atoms with Gasteiger partial charge in [0.2, 0.25) is 0 Å². The monoisotopic (exact) mass is 203 g/mol. The molecule has 0 aromatic heterocycles. The Kier molecular flexibility index (Phi) is 4.54. The Morgan fingerprint density at radius 1 is 1.60 bits per heavy atom. The van der Waals surface area contributed by atoms with Crippen LogP contribution in [0.1, 0.15) is 26.7 Å². The number of nitrogens with one attached hydrogen (secondary N) is 1. The Bertz CT molecular complexity index is 327. The van der Waals surface area contributed by atoms with E-state index in [1.54, 1.807) is 12.9 Å². The van der Waals surface area contributed by atoms with Gasteiger partial charge in [0.05, 0.1) is 0 Å².